The van der Waals surface area contributed by atoms with E-state index in [9.17, 15) is 18.0 Å². The van der Waals surface area contributed by atoms with Crippen molar-refractivity contribution in [2.45, 2.75) is 44.4 Å². The van der Waals surface area contributed by atoms with E-state index in [2.05, 4.69) is 10.9 Å². The lowest BCUT2D eigenvalue weighted by Gasteiger charge is -2.16. The van der Waals surface area contributed by atoms with Crippen molar-refractivity contribution in [3.05, 3.63) is 58.1 Å². The lowest BCUT2D eigenvalue weighted by molar-refractivity contribution is -0.123. The Kier molecular flexibility index (Phi) is 7.99. The Labute approximate surface area is 199 Å². The number of rotatable bonds is 7. The van der Waals surface area contributed by atoms with Gasteiger partial charge in [0.15, 0.2) is 6.61 Å². The van der Waals surface area contributed by atoms with Crippen molar-refractivity contribution in [3.8, 4) is 5.75 Å². The molecule has 178 valence electrons. The van der Waals surface area contributed by atoms with Crippen molar-refractivity contribution in [3.63, 3.8) is 0 Å². The van der Waals surface area contributed by atoms with Gasteiger partial charge in [-0.2, -0.15) is 4.31 Å². The molecule has 10 heteroatoms. The summed E-state index contributed by atoms with van der Waals surface area (Å²) < 4.78 is 32.2. The minimum Gasteiger partial charge on any atom is -0.483 e. The standard InChI is InChI=1S/C23H28ClN3O5S/c1-15(2)19-13-20(24)16(3)12-21(19)32-14-22(28)25-26-23(29)17-6-8-18(9-7-17)33(30,31)27-10-4-5-11-27/h6-9,12-13,15H,4-5,10-11,14H2,1-3H3,(H,25,28)(H,26,29). The van der Waals surface area contributed by atoms with Gasteiger partial charge in [-0.05, 0) is 73.2 Å². The third kappa shape index (κ3) is 6.04. The van der Waals surface area contributed by atoms with E-state index < -0.39 is 21.8 Å². The number of carbonyl (C=O) groups excluding carboxylic acids is 2. The van der Waals surface area contributed by atoms with Gasteiger partial charge in [0, 0.05) is 23.7 Å². The monoisotopic (exact) mass is 493 g/mol. The highest BCUT2D eigenvalue weighted by atomic mass is 35.5. The maximum atomic E-state index is 12.6. The third-order valence-corrected chi connectivity index (χ3v) is 7.73. The van der Waals surface area contributed by atoms with Crippen molar-refractivity contribution in [2.24, 2.45) is 0 Å². The minimum atomic E-state index is -3.55. The Bertz CT molecular complexity index is 1130. The Morgan fingerprint density at radius 2 is 1.73 bits per heavy atom. The smallest absolute Gasteiger partial charge is 0.276 e. The molecule has 33 heavy (non-hydrogen) atoms. The topological polar surface area (TPSA) is 105 Å². The zero-order chi connectivity index (χ0) is 24.2. The van der Waals surface area contributed by atoms with E-state index in [4.69, 9.17) is 16.3 Å². The highest BCUT2D eigenvalue weighted by Gasteiger charge is 2.27. The molecule has 2 aromatic rings. The molecule has 1 aliphatic rings. The quantitative estimate of drug-likeness (QED) is 0.575. The highest BCUT2D eigenvalue weighted by Crippen LogP contribution is 2.32. The van der Waals surface area contributed by atoms with E-state index in [1.54, 1.807) is 6.07 Å². The highest BCUT2D eigenvalue weighted by molar-refractivity contribution is 7.89. The van der Waals surface area contributed by atoms with Crippen LogP contribution in [0.4, 0.5) is 0 Å². The Morgan fingerprint density at radius 1 is 1.09 bits per heavy atom. The fourth-order valence-corrected chi connectivity index (χ4v) is 5.17. The van der Waals surface area contributed by atoms with E-state index >= 15 is 0 Å². The molecule has 1 heterocycles. The molecule has 0 bridgehead atoms. The summed E-state index contributed by atoms with van der Waals surface area (Å²) in [6.07, 6.45) is 1.69. The number of amides is 2. The third-order valence-electron chi connectivity index (χ3n) is 5.41. The van der Waals surface area contributed by atoms with Crippen LogP contribution in [0.15, 0.2) is 41.3 Å². The average Bonchev–Trinajstić information content (AvgIpc) is 3.34. The van der Waals surface area contributed by atoms with Gasteiger partial charge >= 0.3 is 0 Å². The van der Waals surface area contributed by atoms with E-state index in [-0.39, 0.29) is 23.0 Å². The van der Waals surface area contributed by atoms with E-state index in [1.165, 1.54) is 28.6 Å². The number of halogens is 1. The molecule has 3 rings (SSSR count). The fourth-order valence-electron chi connectivity index (χ4n) is 3.48. The molecule has 1 aliphatic heterocycles. The van der Waals surface area contributed by atoms with Crippen LogP contribution in [0.5, 0.6) is 5.75 Å². The van der Waals surface area contributed by atoms with Crippen LogP contribution in [0.25, 0.3) is 0 Å². The fraction of sp³-hybridized carbons (Fsp3) is 0.391. The van der Waals surface area contributed by atoms with Gasteiger partial charge in [0.05, 0.1) is 4.90 Å². The number of hydrazine groups is 1. The Balaban J connectivity index is 1.55. The minimum absolute atomic E-state index is 0.137. The summed E-state index contributed by atoms with van der Waals surface area (Å²) in [5, 5.41) is 0.627. The molecule has 0 aliphatic carbocycles. The molecule has 2 N–H and O–H groups in total. The summed E-state index contributed by atoms with van der Waals surface area (Å²) in [5.41, 5.74) is 6.54. The first kappa shape index (κ1) is 25.0. The molecule has 0 saturated carbocycles. The van der Waals surface area contributed by atoms with Gasteiger partial charge in [-0.25, -0.2) is 8.42 Å². The number of aryl methyl sites for hydroxylation is 1. The SMILES string of the molecule is Cc1cc(OCC(=O)NNC(=O)c2ccc(S(=O)(=O)N3CCCC3)cc2)c(C(C)C)cc1Cl. The van der Waals surface area contributed by atoms with E-state index in [0.717, 1.165) is 24.0 Å². The van der Waals surface area contributed by atoms with Gasteiger partial charge in [-0.1, -0.05) is 25.4 Å². The van der Waals surface area contributed by atoms with Crippen LogP contribution in [0.3, 0.4) is 0 Å². The van der Waals surface area contributed by atoms with Crippen LogP contribution < -0.4 is 15.6 Å². The first-order chi connectivity index (χ1) is 15.6. The maximum Gasteiger partial charge on any atom is 0.276 e. The number of hydrogen-bond acceptors (Lipinski definition) is 5. The summed E-state index contributed by atoms with van der Waals surface area (Å²) in [6, 6.07) is 9.21. The van der Waals surface area contributed by atoms with Crippen molar-refractivity contribution in [1.82, 2.24) is 15.2 Å². The van der Waals surface area contributed by atoms with Crippen LogP contribution in [0, 0.1) is 6.92 Å². The van der Waals surface area contributed by atoms with E-state index in [1.807, 2.05) is 26.8 Å². The van der Waals surface area contributed by atoms with Crippen molar-refractivity contribution < 1.29 is 22.7 Å². The molecule has 8 nitrogen and oxygen atoms in total. The summed E-state index contributed by atoms with van der Waals surface area (Å²) in [6.45, 7) is 6.56. The van der Waals surface area contributed by atoms with Crippen LogP contribution in [-0.2, 0) is 14.8 Å². The molecule has 0 unspecified atom stereocenters. The summed E-state index contributed by atoms with van der Waals surface area (Å²) in [7, 11) is -3.55. The van der Waals surface area contributed by atoms with Crippen molar-refractivity contribution in [1.29, 1.82) is 0 Å². The molecule has 2 amide bonds. The Morgan fingerprint density at radius 3 is 2.33 bits per heavy atom. The van der Waals surface area contributed by atoms with Crippen molar-refractivity contribution in [2.75, 3.05) is 19.7 Å². The summed E-state index contributed by atoms with van der Waals surface area (Å²) in [5.74, 6) is -0.404. The molecule has 2 aromatic carbocycles. The first-order valence-corrected chi connectivity index (χ1v) is 12.5. The average molecular weight is 494 g/mol. The molecule has 0 spiro atoms. The maximum absolute atomic E-state index is 12.6. The zero-order valence-electron chi connectivity index (χ0n) is 18.9. The predicted molar refractivity (Wildman–Crippen MR) is 126 cm³/mol. The van der Waals surface area contributed by atoms with Gasteiger partial charge in [0.25, 0.3) is 11.8 Å². The van der Waals surface area contributed by atoms with Gasteiger partial charge in [0.1, 0.15) is 5.75 Å². The van der Waals surface area contributed by atoms with Gasteiger partial charge in [-0.3, -0.25) is 20.4 Å². The molecule has 0 atom stereocenters. The number of ether oxygens (including phenoxy) is 1. The zero-order valence-corrected chi connectivity index (χ0v) is 20.4. The van der Waals surface area contributed by atoms with Gasteiger partial charge in [-0.15, -0.1) is 0 Å². The summed E-state index contributed by atoms with van der Waals surface area (Å²) in [4.78, 5) is 24.6. The normalized spacial score (nSPS) is 14.3. The second kappa shape index (κ2) is 10.5. The number of benzene rings is 2. The first-order valence-electron chi connectivity index (χ1n) is 10.7. The Hall–Kier alpha value is -2.62. The molecule has 0 aromatic heterocycles. The second-order valence-corrected chi connectivity index (χ2v) is 10.6. The molecule has 1 fully saturated rings. The molecule has 1 saturated heterocycles. The lowest BCUT2D eigenvalue weighted by atomic mass is 10.0. The van der Waals surface area contributed by atoms with Crippen LogP contribution in [-0.4, -0.2) is 44.2 Å². The van der Waals surface area contributed by atoms with Crippen LogP contribution >= 0.6 is 11.6 Å². The largest absolute Gasteiger partial charge is 0.483 e. The van der Waals surface area contributed by atoms with Crippen LogP contribution in [0.2, 0.25) is 5.02 Å². The number of sulfonamides is 1. The number of nitrogens with one attached hydrogen (secondary N) is 2. The van der Waals surface area contributed by atoms with Gasteiger partial charge in [0.2, 0.25) is 10.0 Å². The number of nitrogens with zero attached hydrogens (tertiary/aromatic N) is 1. The lowest BCUT2D eigenvalue weighted by Crippen LogP contribution is -2.43. The number of carbonyl (C=O) groups is 2. The number of hydrogen-bond donors (Lipinski definition) is 2. The van der Waals surface area contributed by atoms with Crippen molar-refractivity contribution >= 4 is 33.4 Å². The molecular weight excluding hydrogens is 466 g/mol. The van der Waals surface area contributed by atoms with E-state index in [0.29, 0.717) is 23.9 Å². The molecule has 0 radical (unpaired) electrons. The van der Waals surface area contributed by atoms with Gasteiger partial charge < -0.3 is 4.74 Å². The molecular formula is C23H28ClN3O5S. The predicted octanol–water partition coefficient (Wildman–Crippen LogP) is 3.40. The second-order valence-electron chi connectivity index (χ2n) is 8.22. The van der Waals surface area contributed by atoms with Crippen LogP contribution in [0.1, 0.15) is 54.1 Å². The summed E-state index contributed by atoms with van der Waals surface area (Å²) >= 11 is 6.18.